The van der Waals surface area contributed by atoms with E-state index in [-0.39, 0.29) is 17.8 Å². The molecule has 0 saturated carbocycles. The molecule has 27 heavy (non-hydrogen) atoms. The van der Waals surface area contributed by atoms with E-state index in [1.54, 1.807) is 0 Å². The summed E-state index contributed by atoms with van der Waals surface area (Å²) in [5.41, 5.74) is -1.45. The quantitative estimate of drug-likeness (QED) is 0.486. The summed E-state index contributed by atoms with van der Waals surface area (Å²) < 4.78 is 16.5. The minimum atomic E-state index is -0.934. The maximum atomic E-state index is 13.0. The first-order valence-electron chi connectivity index (χ1n) is 8.65. The molecule has 2 heterocycles. The SMILES string of the molecule is COc1ccc([N+](=O)[O-])cc1NC(=O)[C@@H]1CC(=O)O[C@]12CCOC(C)(C)C2. The highest BCUT2D eigenvalue weighted by molar-refractivity contribution is 5.98. The van der Waals surface area contributed by atoms with Gasteiger partial charge in [0.25, 0.3) is 5.69 Å². The van der Waals surface area contributed by atoms with Gasteiger partial charge in [-0.2, -0.15) is 0 Å². The molecule has 0 unspecified atom stereocenters. The summed E-state index contributed by atoms with van der Waals surface area (Å²) in [5.74, 6) is -1.28. The predicted octanol–water partition coefficient (Wildman–Crippen LogP) is 2.43. The molecule has 1 N–H and O–H groups in total. The van der Waals surface area contributed by atoms with Crippen molar-refractivity contribution >= 4 is 23.3 Å². The van der Waals surface area contributed by atoms with Gasteiger partial charge >= 0.3 is 5.97 Å². The van der Waals surface area contributed by atoms with Gasteiger partial charge < -0.3 is 19.5 Å². The number of non-ortho nitro benzene ring substituents is 1. The van der Waals surface area contributed by atoms with Gasteiger partial charge in [-0.15, -0.1) is 0 Å². The fourth-order valence-corrected chi connectivity index (χ4v) is 3.90. The van der Waals surface area contributed by atoms with E-state index in [0.717, 1.165) is 0 Å². The Morgan fingerprint density at radius 3 is 2.78 bits per heavy atom. The van der Waals surface area contributed by atoms with Crippen molar-refractivity contribution in [3.63, 3.8) is 0 Å². The average molecular weight is 378 g/mol. The lowest BCUT2D eigenvalue weighted by Gasteiger charge is -2.43. The van der Waals surface area contributed by atoms with Crippen molar-refractivity contribution in [1.82, 2.24) is 0 Å². The molecule has 9 nitrogen and oxygen atoms in total. The van der Waals surface area contributed by atoms with E-state index in [0.29, 0.717) is 25.2 Å². The third-order valence-electron chi connectivity index (χ3n) is 5.03. The van der Waals surface area contributed by atoms with Gasteiger partial charge in [-0.05, 0) is 19.9 Å². The number of hydrogen-bond donors (Lipinski definition) is 1. The summed E-state index contributed by atoms with van der Waals surface area (Å²) in [5, 5.41) is 13.7. The normalized spacial score (nSPS) is 26.5. The van der Waals surface area contributed by atoms with Gasteiger partial charge in [-0.3, -0.25) is 19.7 Å². The second kappa shape index (κ2) is 6.80. The first kappa shape index (κ1) is 19.1. The van der Waals surface area contributed by atoms with Crippen LogP contribution in [0.4, 0.5) is 11.4 Å². The predicted molar refractivity (Wildman–Crippen MR) is 94.5 cm³/mol. The Kier molecular flexibility index (Phi) is 4.81. The molecule has 1 amide bonds. The number of anilines is 1. The molecular formula is C18H22N2O7. The van der Waals surface area contributed by atoms with Gasteiger partial charge in [0.1, 0.15) is 11.4 Å². The number of nitro groups is 1. The third-order valence-corrected chi connectivity index (χ3v) is 5.03. The summed E-state index contributed by atoms with van der Waals surface area (Å²) in [4.78, 5) is 35.5. The lowest BCUT2D eigenvalue weighted by Crippen LogP contribution is -2.52. The molecule has 146 valence electrons. The molecule has 1 aromatic carbocycles. The lowest BCUT2D eigenvalue weighted by atomic mass is 9.75. The Bertz CT molecular complexity index is 792. The molecule has 1 spiro atoms. The average Bonchev–Trinajstić information content (AvgIpc) is 2.88. The number of amides is 1. The van der Waals surface area contributed by atoms with Crippen LogP contribution in [0, 0.1) is 16.0 Å². The molecule has 1 aromatic rings. The highest BCUT2D eigenvalue weighted by atomic mass is 16.6. The first-order chi connectivity index (χ1) is 12.7. The molecule has 0 radical (unpaired) electrons. The van der Waals surface area contributed by atoms with Crippen molar-refractivity contribution in [1.29, 1.82) is 0 Å². The van der Waals surface area contributed by atoms with Gasteiger partial charge in [0.2, 0.25) is 5.91 Å². The molecular weight excluding hydrogens is 356 g/mol. The molecule has 0 bridgehead atoms. The zero-order valence-electron chi connectivity index (χ0n) is 15.4. The molecule has 0 aromatic heterocycles. The number of rotatable bonds is 4. The summed E-state index contributed by atoms with van der Waals surface area (Å²) in [6.07, 6.45) is 0.779. The van der Waals surface area contributed by atoms with Crippen LogP contribution in [-0.2, 0) is 19.1 Å². The van der Waals surface area contributed by atoms with Gasteiger partial charge in [0, 0.05) is 25.0 Å². The third kappa shape index (κ3) is 3.73. The number of nitrogens with one attached hydrogen (secondary N) is 1. The van der Waals surface area contributed by atoms with Crippen molar-refractivity contribution in [3.8, 4) is 5.75 Å². The van der Waals surface area contributed by atoms with E-state index in [1.807, 2.05) is 13.8 Å². The fraction of sp³-hybridized carbons (Fsp3) is 0.556. The Hall–Kier alpha value is -2.68. The van der Waals surface area contributed by atoms with Crippen LogP contribution in [0.1, 0.15) is 33.1 Å². The summed E-state index contributed by atoms with van der Waals surface area (Å²) in [7, 11) is 1.40. The molecule has 2 fully saturated rings. The van der Waals surface area contributed by atoms with E-state index < -0.39 is 33.9 Å². The number of ether oxygens (including phenoxy) is 3. The molecule has 0 aliphatic carbocycles. The molecule has 2 aliphatic rings. The topological polar surface area (TPSA) is 117 Å². The molecule has 3 rings (SSSR count). The van der Waals surface area contributed by atoms with E-state index in [2.05, 4.69) is 5.32 Å². The number of hydrogen-bond acceptors (Lipinski definition) is 7. The molecule has 2 aliphatic heterocycles. The highest BCUT2D eigenvalue weighted by Gasteiger charge is 2.56. The van der Waals surface area contributed by atoms with Crippen LogP contribution in [-0.4, -0.2) is 41.7 Å². The highest BCUT2D eigenvalue weighted by Crippen LogP contribution is 2.46. The van der Waals surface area contributed by atoms with Crippen molar-refractivity contribution < 1.29 is 28.7 Å². The summed E-state index contributed by atoms with van der Waals surface area (Å²) in [6.45, 7) is 4.15. The smallest absolute Gasteiger partial charge is 0.307 e. The van der Waals surface area contributed by atoms with Gasteiger partial charge in [0.05, 0.1) is 42.3 Å². The standard InChI is InChI=1S/C18H22N2O7/c1-17(2)10-18(6-7-26-17)12(9-15(21)27-18)16(22)19-13-8-11(20(23)24)4-5-14(13)25-3/h4-5,8,12H,6-7,9-10H2,1-3H3,(H,19,22)/t12-,18-/m0/s1. The van der Waals surface area contributed by atoms with Crippen LogP contribution in [0.2, 0.25) is 0 Å². The molecule has 2 saturated heterocycles. The van der Waals surface area contributed by atoms with Crippen LogP contribution in [0.25, 0.3) is 0 Å². The first-order valence-corrected chi connectivity index (χ1v) is 8.65. The molecule has 2 atom stereocenters. The maximum absolute atomic E-state index is 13.0. The van der Waals surface area contributed by atoms with Gasteiger partial charge in [-0.25, -0.2) is 0 Å². The zero-order valence-corrected chi connectivity index (χ0v) is 15.4. The minimum Gasteiger partial charge on any atom is -0.495 e. The minimum absolute atomic E-state index is 0.0425. The summed E-state index contributed by atoms with van der Waals surface area (Å²) >= 11 is 0. The number of nitro benzene ring substituents is 1. The second-order valence-electron chi connectivity index (χ2n) is 7.46. The van der Waals surface area contributed by atoms with Crippen molar-refractivity contribution in [3.05, 3.63) is 28.3 Å². The van der Waals surface area contributed by atoms with E-state index >= 15 is 0 Å². The van der Waals surface area contributed by atoms with Crippen LogP contribution in [0.3, 0.4) is 0 Å². The zero-order chi connectivity index (χ0) is 19.8. The number of nitrogens with zero attached hydrogens (tertiary/aromatic N) is 1. The Labute approximate surface area is 156 Å². The Balaban J connectivity index is 1.88. The number of benzene rings is 1. The van der Waals surface area contributed by atoms with Crippen molar-refractivity contribution in [2.24, 2.45) is 5.92 Å². The van der Waals surface area contributed by atoms with Crippen LogP contribution in [0.5, 0.6) is 5.75 Å². The largest absolute Gasteiger partial charge is 0.495 e. The number of carbonyl (C=O) groups excluding carboxylic acids is 2. The van der Waals surface area contributed by atoms with Crippen LogP contribution >= 0.6 is 0 Å². The number of methoxy groups -OCH3 is 1. The van der Waals surface area contributed by atoms with Gasteiger partial charge in [-0.1, -0.05) is 0 Å². The van der Waals surface area contributed by atoms with Crippen LogP contribution in [0.15, 0.2) is 18.2 Å². The van der Waals surface area contributed by atoms with Crippen molar-refractivity contribution in [2.75, 3.05) is 19.0 Å². The second-order valence-corrected chi connectivity index (χ2v) is 7.46. The maximum Gasteiger partial charge on any atom is 0.307 e. The monoisotopic (exact) mass is 378 g/mol. The van der Waals surface area contributed by atoms with Gasteiger partial charge in [0.15, 0.2) is 0 Å². The van der Waals surface area contributed by atoms with Crippen LogP contribution < -0.4 is 10.1 Å². The van der Waals surface area contributed by atoms with E-state index in [9.17, 15) is 19.7 Å². The number of carbonyl (C=O) groups is 2. The number of esters is 1. The summed E-state index contributed by atoms with van der Waals surface area (Å²) in [6, 6.07) is 3.94. The fourth-order valence-electron chi connectivity index (χ4n) is 3.90. The Morgan fingerprint density at radius 2 is 2.15 bits per heavy atom. The van der Waals surface area contributed by atoms with Crippen molar-refractivity contribution in [2.45, 2.75) is 44.3 Å². The Morgan fingerprint density at radius 1 is 1.41 bits per heavy atom. The molecule has 9 heteroatoms. The van der Waals surface area contributed by atoms with E-state index in [4.69, 9.17) is 14.2 Å². The lowest BCUT2D eigenvalue weighted by molar-refractivity contribution is -0.384. The van der Waals surface area contributed by atoms with E-state index in [1.165, 1.54) is 25.3 Å².